The maximum atomic E-state index is 2.54. The highest BCUT2D eigenvalue weighted by Gasteiger charge is 2.46. The second kappa shape index (κ2) is 17.2. The number of anilines is 3. The van der Waals surface area contributed by atoms with Crippen LogP contribution in [0.25, 0.3) is 88.0 Å². The molecule has 0 radical (unpaired) electrons. The normalized spacial score (nSPS) is 14.6. The van der Waals surface area contributed by atoms with Gasteiger partial charge in [0.1, 0.15) is 0 Å². The third-order valence-electron chi connectivity index (χ3n) is 18.7. The Morgan fingerprint density at radius 1 is 0.250 bits per heavy atom. The molecule has 13 aromatic carbocycles. The van der Waals surface area contributed by atoms with Crippen molar-refractivity contribution in [2.24, 2.45) is 0 Å². The number of hydrogen-bond acceptors (Lipinski definition) is 1. The average Bonchev–Trinajstić information content (AvgIpc) is 4.09. The van der Waals surface area contributed by atoms with Gasteiger partial charge < -0.3 is 4.90 Å². The molecule has 0 saturated carbocycles. The number of rotatable bonds is 7. The van der Waals surface area contributed by atoms with Crippen molar-refractivity contribution in [1.29, 1.82) is 0 Å². The van der Waals surface area contributed by atoms with E-state index in [1.807, 2.05) is 0 Å². The van der Waals surface area contributed by atoms with Crippen LogP contribution in [-0.4, -0.2) is 0 Å². The summed E-state index contributed by atoms with van der Waals surface area (Å²) in [6, 6.07) is 103. The van der Waals surface area contributed by atoms with Crippen LogP contribution >= 0.6 is 0 Å². The Morgan fingerprint density at radius 2 is 0.625 bits per heavy atom. The van der Waals surface area contributed by atoms with Crippen LogP contribution in [0.15, 0.2) is 273 Å². The average molecular weight is 1020 g/mol. The molecule has 80 heavy (non-hydrogen) atoms. The van der Waals surface area contributed by atoms with E-state index in [4.69, 9.17) is 0 Å². The molecule has 0 atom stereocenters. The lowest BCUT2D eigenvalue weighted by molar-refractivity contribution is 0.660. The molecule has 0 N–H and O–H groups in total. The third kappa shape index (κ3) is 6.41. The van der Waals surface area contributed by atoms with Crippen LogP contribution in [0.5, 0.6) is 0 Å². The molecular formula is C79H57N. The summed E-state index contributed by atoms with van der Waals surface area (Å²) in [6.07, 6.45) is 0. The zero-order chi connectivity index (χ0) is 53.5. The Bertz CT molecular complexity index is 4510. The van der Waals surface area contributed by atoms with Crippen LogP contribution in [0.4, 0.5) is 17.1 Å². The lowest BCUT2D eigenvalue weighted by Crippen LogP contribution is -2.28. The fraction of sp³-hybridized carbons (Fsp3) is 0.0886. The molecule has 16 rings (SSSR count). The first kappa shape index (κ1) is 46.5. The number of fused-ring (bicyclic) bond motifs is 12. The van der Waals surface area contributed by atoms with Crippen molar-refractivity contribution in [3.05, 3.63) is 317 Å². The first-order chi connectivity index (χ1) is 39.2. The molecule has 0 bridgehead atoms. The lowest BCUT2D eigenvalue weighted by Gasteiger charge is -2.34. The van der Waals surface area contributed by atoms with E-state index in [1.165, 1.54) is 132 Å². The Kier molecular flexibility index (Phi) is 10.0. The van der Waals surface area contributed by atoms with Crippen molar-refractivity contribution in [2.75, 3.05) is 4.90 Å². The third-order valence-corrected chi connectivity index (χ3v) is 18.7. The van der Waals surface area contributed by atoms with Gasteiger partial charge in [0.15, 0.2) is 0 Å². The molecule has 0 fully saturated rings. The van der Waals surface area contributed by atoms with Gasteiger partial charge in [-0.05, 0) is 163 Å². The Balaban J connectivity index is 0.914. The van der Waals surface area contributed by atoms with Gasteiger partial charge in [0, 0.05) is 27.6 Å². The largest absolute Gasteiger partial charge is 0.310 e. The lowest BCUT2D eigenvalue weighted by atomic mass is 9.67. The first-order valence-corrected chi connectivity index (χ1v) is 28.3. The smallest absolute Gasteiger partial charge is 0.0713 e. The van der Waals surface area contributed by atoms with E-state index in [0.29, 0.717) is 0 Å². The van der Waals surface area contributed by atoms with E-state index in [2.05, 4.69) is 306 Å². The summed E-state index contributed by atoms with van der Waals surface area (Å²) in [7, 11) is 0. The van der Waals surface area contributed by atoms with Crippen LogP contribution in [0.2, 0.25) is 0 Å². The van der Waals surface area contributed by atoms with Crippen LogP contribution in [0.1, 0.15) is 72.2 Å². The maximum Gasteiger partial charge on any atom is 0.0713 e. The minimum Gasteiger partial charge on any atom is -0.310 e. The molecule has 0 heterocycles. The molecular weight excluding hydrogens is 963 g/mol. The zero-order valence-corrected chi connectivity index (χ0v) is 45.4. The monoisotopic (exact) mass is 1020 g/mol. The minimum atomic E-state index is -0.507. The summed E-state index contributed by atoms with van der Waals surface area (Å²) in [4.78, 5) is 2.54. The summed E-state index contributed by atoms with van der Waals surface area (Å²) in [6.45, 7) is 9.54. The Morgan fingerprint density at radius 3 is 1.15 bits per heavy atom. The minimum absolute atomic E-state index is 0.160. The predicted molar refractivity (Wildman–Crippen MR) is 337 cm³/mol. The molecule has 0 amide bonds. The molecule has 0 aromatic heterocycles. The highest BCUT2D eigenvalue weighted by atomic mass is 15.1. The standard InChI is InChI=1S/C79H57N/c1-77(2)68-36-20-17-28-56(68)59-43-40-53(48-71(59)77)80(54-41-44-60-57-29-18-21-37-69(57)78(3,4)72(60)49-54)74-46-45-67(55-27-11-12-31-62(55)74)76-65-34-15-13-32-63(65)75(64-33-14-16-35-66(64)76)50-39-42-61-58-30-19-22-38-70(58)79(73(61)47-50,51-23-7-5-8-24-51)52-25-9-6-10-26-52/h5-49H,1-4H3. The summed E-state index contributed by atoms with van der Waals surface area (Å²) >= 11 is 0. The molecule has 0 unspecified atom stereocenters. The topological polar surface area (TPSA) is 3.24 Å². The maximum absolute atomic E-state index is 2.54. The predicted octanol–water partition coefficient (Wildman–Crippen LogP) is 20.9. The molecule has 3 aliphatic carbocycles. The van der Waals surface area contributed by atoms with Gasteiger partial charge in [-0.1, -0.05) is 264 Å². The summed E-state index contributed by atoms with van der Waals surface area (Å²) in [5, 5.41) is 7.35. The Labute approximate surface area is 468 Å². The van der Waals surface area contributed by atoms with Gasteiger partial charge in [0.2, 0.25) is 0 Å². The van der Waals surface area contributed by atoms with Gasteiger partial charge in [0.25, 0.3) is 0 Å². The highest BCUT2D eigenvalue weighted by Crippen LogP contribution is 2.59. The number of hydrogen-bond donors (Lipinski definition) is 0. The Hall–Kier alpha value is -9.56. The summed E-state index contributed by atoms with van der Waals surface area (Å²) in [5.74, 6) is 0. The summed E-state index contributed by atoms with van der Waals surface area (Å²) < 4.78 is 0. The van der Waals surface area contributed by atoms with Crippen molar-refractivity contribution >= 4 is 49.4 Å². The first-order valence-electron chi connectivity index (χ1n) is 28.3. The van der Waals surface area contributed by atoms with Crippen molar-refractivity contribution in [2.45, 2.75) is 43.9 Å². The van der Waals surface area contributed by atoms with Crippen LogP contribution < -0.4 is 4.90 Å². The van der Waals surface area contributed by atoms with Gasteiger partial charge in [0.05, 0.1) is 11.1 Å². The van der Waals surface area contributed by atoms with Crippen LogP contribution in [0, 0.1) is 0 Å². The van der Waals surface area contributed by atoms with Gasteiger partial charge in [-0.2, -0.15) is 0 Å². The molecule has 0 aliphatic heterocycles. The van der Waals surface area contributed by atoms with Gasteiger partial charge in [-0.25, -0.2) is 0 Å². The fourth-order valence-electron chi connectivity index (χ4n) is 15.1. The molecule has 378 valence electrons. The van der Waals surface area contributed by atoms with Crippen molar-refractivity contribution in [3.63, 3.8) is 0 Å². The van der Waals surface area contributed by atoms with Gasteiger partial charge >= 0.3 is 0 Å². The van der Waals surface area contributed by atoms with Gasteiger partial charge in [-0.15, -0.1) is 0 Å². The summed E-state index contributed by atoms with van der Waals surface area (Å²) in [5.41, 5.74) is 26.1. The second-order valence-corrected chi connectivity index (χ2v) is 23.4. The van der Waals surface area contributed by atoms with E-state index in [0.717, 1.165) is 17.1 Å². The fourth-order valence-corrected chi connectivity index (χ4v) is 15.1. The van der Waals surface area contributed by atoms with E-state index in [9.17, 15) is 0 Å². The van der Waals surface area contributed by atoms with Crippen molar-refractivity contribution in [1.82, 2.24) is 0 Å². The molecule has 0 spiro atoms. The van der Waals surface area contributed by atoms with Crippen LogP contribution in [-0.2, 0) is 16.2 Å². The number of benzene rings is 13. The molecule has 13 aromatic rings. The molecule has 1 heteroatoms. The second-order valence-electron chi connectivity index (χ2n) is 23.4. The van der Waals surface area contributed by atoms with E-state index >= 15 is 0 Å². The van der Waals surface area contributed by atoms with Crippen LogP contribution in [0.3, 0.4) is 0 Å². The van der Waals surface area contributed by atoms with E-state index in [1.54, 1.807) is 0 Å². The van der Waals surface area contributed by atoms with E-state index < -0.39 is 5.41 Å². The number of nitrogens with zero attached hydrogens (tertiary/aromatic N) is 1. The molecule has 0 saturated heterocycles. The quantitative estimate of drug-likeness (QED) is 0.144. The molecule has 3 aliphatic rings. The van der Waals surface area contributed by atoms with Gasteiger partial charge in [-0.3, -0.25) is 0 Å². The SMILES string of the molecule is CC1(C)c2ccccc2-c2ccc(N(c3ccc4c(c3)C(C)(C)c3ccccc3-4)c3ccc(-c4c5ccccc5c(-c5ccc6c(c5)C(c5ccccc5)(c5ccccc5)c5ccccc5-6)c5ccccc45)c4ccccc34)cc21. The van der Waals surface area contributed by atoms with Crippen molar-refractivity contribution in [3.8, 4) is 55.6 Å². The van der Waals surface area contributed by atoms with E-state index in [-0.39, 0.29) is 10.8 Å². The zero-order valence-electron chi connectivity index (χ0n) is 45.4. The molecule has 1 nitrogen and oxygen atoms in total. The van der Waals surface area contributed by atoms with Crippen molar-refractivity contribution < 1.29 is 0 Å². The highest BCUT2D eigenvalue weighted by molar-refractivity contribution is 6.24.